The van der Waals surface area contributed by atoms with Gasteiger partial charge in [-0.3, -0.25) is 4.79 Å². The third kappa shape index (κ3) is 2.88. The van der Waals surface area contributed by atoms with Crippen LogP contribution in [0.5, 0.6) is 5.75 Å². The molecule has 1 unspecified atom stereocenters. The van der Waals surface area contributed by atoms with E-state index in [0.717, 1.165) is 0 Å². The molecule has 0 aliphatic carbocycles. The first-order valence-electron chi connectivity index (χ1n) is 4.68. The number of halogens is 3. The molecule has 0 fully saturated rings. The predicted octanol–water partition coefficient (Wildman–Crippen LogP) is 1.67. The van der Waals surface area contributed by atoms with Crippen LogP contribution in [0, 0.1) is 17.5 Å². The quantitative estimate of drug-likeness (QED) is 0.709. The van der Waals surface area contributed by atoms with Gasteiger partial charge in [-0.05, 0) is 6.42 Å². The van der Waals surface area contributed by atoms with Crippen molar-refractivity contribution in [2.75, 3.05) is 0 Å². The summed E-state index contributed by atoms with van der Waals surface area (Å²) in [5, 5.41) is 17.6. The fourth-order valence-electron chi connectivity index (χ4n) is 1.37. The maximum atomic E-state index is 13.3. The number of phenols is 1. The van der Waals surface area contributed by atoms with Crippen LogP contribution in [0.4, 0.5) is 13.2 Å². The summed E-state index contributed by atoms with van der Waals surface area (Å²) in [6, 6.07) is -1.10. The average Bonchev–Trinajstić information content (AvgIpc) is 2.24. The largest absolute Gasteiger partial charge is 0.505 e. The fourth-order valence-corrected chi connectivity index (χ4v) is 1.37. The van der Waals surface area contributed by atoms with Crippen molar-refractivity contribution in [2.45, 2.75) is 18.9 Å². The minimum absolute atomic E-state index is 0.193. The third-order valence-electron chi connectivity index (χ3n) is 2.22. The molecule has 4 nitrogen and oxygen atoms in total. The third-order valence-corrected chi connectivity index (χ3v) is 2.22. The van der Waals surface area contributed by atoms with Crippen LogP contribution >= 0.6 is 0 Å². The Morgan fingerprint density at radius 1 is 1.35 bits per heavy atom. The molecule has 94 valence electrons. The van der Waals surface area contributed by atoms with Crippen LogP contribution in [0.25, 0.3) is 0 Å². The molecule has 0 aliphatic rings. The number of nitrogens with two attached hydrogens (primary N) is 1. The zero-order chi connectivity index (χ0) is 13.2. The molecule has 1 aromatic rings. The normalized spacial score (nSPS) is 12.5. The minimum Gasteiger partial charge on any atom is -0.505 e. The minimum atomic E-state index is -1.49. The Kier molecular flexibility index (Phi) is 3.95. The summed E-state index contributed by atoms with van der Waals surface area (Å²) in [7, 11) is 0. The van der Waals surface area contributed by atoms with Crippen molar-refractivity contribution in [3.8, 4) is 5.75 Å². The first-order chi connectivity index (χ1) is 7.84. The number of benzene rings is 1. The van der Waals surface area contributed by atoms with Crippen LogP contribution in [0.2, 0.25) is 0 Å². The van der Waals surface area contributed by atoms with Crippen LogP contribution in [0.1, 0.15) is 24.4 Å². The van der Waals surface area contributed by atoms with Gasteiger partial charge in [0.05, 0.1) is 5.56 Å². The van der Waals surface area contributed by atoms with Crippen LogP contribution in [-0.4, -0.2) is 16.2 Å². The summed E-state index contributed by atoms with van der Waals surface area (Å²) in [4.78, 5) is 10.3. The van der Waals surface area contributed by atoms with Crippen LogP contribution in [-0.2, 0) is 4.79 Å². The van der Waals surface area contributed by atoms with Gasteiger partial charge in [-0.2, -0.15) is 0 Å². The number of aliphatic carboxylic acids is 1. The van der Waals surface area contributed by atoms with Gasteiger partial charge in [-0.25, -0.2) is 13.2 Å². The molecule has 0 amide bonds. The van der Waals surface area contributed by atoms with Gasteiger partial charge in [0.25, 0.3) is 0 Å². The summed E-state index contributed by atoms with van der Waals surface area (Å²) in [6.07, 6.45) is -0.652. The molecule has 0 spiro atoms. The SMILES string of the molecule is NC(CCC(=O)O)c1c(O)c(F)cc(F)c1F. The molecule has 0 saturated heterocycles. The maximum Gasteiger partial charge on any atom is 0.303 e. The second-order valence-electron chi connectivity index (χ2n) is 3.46. The summed E-state index contributed by atoms with van der Waals surface area (Å²) in [5.41, 5.74) is 4.64. The maximum absolute atomic E-state index is 13.3. The van der Waals surface area contributed by atoms with Crippen molar-refractivity contribution < 1.29 is 28.2 Å². The molecule has 0 aliphatic heterocycles. The van der Waals surface area contributed by atoms with Crippen LogP contribution in [0.15, 0.2) is 6.07 Å². The lowest BCUT2D eigenvalue weighted by Crippen LogP contribution is -2.15. The van der Waals surface area contributed by atoms with Crippen molar-refractivity contribution >= 4 is 5.97 Å². The summed E-state index contributed by atoms with van der Waals surface area (Å²) >= 11 is 0. The molecule has 17 heavy (non-hydrogen) atoms. The first kappa shape index (κ1) is 13.3. The topological polar surface area (TPSA) is 83.6 Å². The highest BCUT2D eigenvalue weighted by atomic mass is 19.2. The van der Waals surface area contributed by atoms with E-state index in [9.17, 15) is 23.1 Å². The Hall–Kier alpha value is -1.76. The van der Waals surface area contributed by atoms with Crippen LogP contribution in [0.3, 0.4) is 0 Å². The van der Waals surface area contributed by atoms with Crippen molar-refractivity contribution in [3.05, 3.63) is 29.1 Å². The van der Waals surface area contributed by atoms with Gasteiger partial charge in [0.15, 0.2) is 23.2 Å². The van der Waals surface area contributed by atoms with E-state index in [4.69, 9.17) is 10.8 Å². The van der Waals surface area contributed by atoms with Gasteiger partial charge in [0.2, 0.25) is 0 Å². The van der Waals surface area contributed by atoms with E-state index in [1.165, 1.54) is 0 Å². The number of phenolic OH excluding ortho intramolecular Hbond substituents is 1. The Balaban J connectivity index is 3.07. The van der Waals surface area contributed by atoms with Crippen molar-refractivity contribution in [2.24, 2.45) is 5.73 Å². The molecule has 1 aromatic carbocycles. The number of carbonyl (C=O) groups is 1. The summed E-state index contributed by atoms with van der Waals surface area (Å²) in [6.45, 7) is 0. The van der Waals surface area contributed by atoms with Crippen molar-refractivity contribution in [1.29, 1.82) is 0 Å². The highest BCUT2D eigenvalue weighted by Gasteiger charge is 2.23. The van der Waals surface area contributed by atoms with Gasteiger partial charge in [-0.1, -0.05) is 0 Å². The van der Waals surface area contributed by atoms with E-state index < -0.39 is 47.2 Å². The molecule has 0 heterocycles. The molecular weight excluding hydrogens is 239 g/mol. The first-order valence-corrected chi connectivity index (χ1v) is 4.68. The average molecular weight is 249 g/mol. The standard InChI is InChI=1S/C10H10F3NO3/c11-4-3-5(12)10(17)8(9(4)13)6(14)1-2-7(15)16/h3,6,17H,1-2,14H2,(H,15,16). The van der Waals surface area contributed by atoms with Gasteiger partial charge in [0.1, 0.15) is 0 Å². The number of carboxylic acid groups (broad SMARTS) is 1. The fraction of sp³-hybridized carbons (Fsp3) is 0.300. The molecule has 7 heteroatoms. The zero-order valence-electron chi connectivity index (χ0n) is 8.58. The number of rotatable bonds is 4. The van der Waals surface area contributed by atoms with Gasteiger partial charge in [0, 0.05) is 18.5 Å². The molecule has 1 rings (SSSR count). The lowest BCUT2D eigenvalue weighted by Gasteiger charge is -2.14. The smallest absolute Gasteiger partial charge is 0.303 e. The number of aromatic hydroxyl groups is 1. The molecule has 0 aromatic heterocycles. The Bertz CT molecular complexity index is 425. The molecule has 4 N–H and O–H groups in total. The van der Waals surface area contributed by atoms with Gasteiger partial charge in [-0.15, -0.1) is 0 Å². The van der Waals surface area contributed by atoms with Gasteiger partial charge >= 0.3 is 5.97 Å². The van der Waals surface area contributed by atoms with E-state index in [-0.39, 0.29) is 12.5 Å². The van der Waals surface area contributed by atoms with E-state index in [2.05, 4.69) is 0 Å². The van der Waals surface area contributed by atoms with Crippen molar-refractivity contribution in [3.63, 3.8) is 0 Å². The molecular formula is C10H10F3NO3. The number of hydrogen-bond donors (Lipinski definition) is 3. The summed E-state index contributed by atoms with van der Waals surface area (Å²) in [5.74, 6) is -6.58. The van der Waals surface area contributed by atoms with E-state index in [1.54, 1.807) is 0 Å². The molecule has 0 radical (unpaired) electrons. The number of carboxylic acids is 1. The second-order valence-corrected chi connectivity index (χ2v) is 3.46. The van der Waals surface area contributed by atoms with E-state index in [1.807, 2.05) is 0 Å². The highest BCUT2D eigenvalue weighted by Crippen LogP contribution is 2.32. The Morgan fingerprint density at radius 2 is 1.94 bits per heavy atom. The Labute approximate surface area is 94.5 Å². The highest BCUT2D eigenvalue weighted by molar-refractivity contribution is 5.66. The number of hydrogen-bond acceptors (Lipinski definition) is 3. The van der Waals surface area contributed by atoms with E-state index >= 15 is 0 Å². The second kappa shape index (κ2) is 5.05. The van der Waals surface area contributed by atoms with Crippen LogP contribution < -0.4 is 5.73 Å². The molecule has 0 saturated carbocycles. The summed E-state index contributed by atoms with van der Waals surface area (Å²) < 4.78 is 39.1. The monoisotopic (exact) mass is 249 g/mol. The molecule has 0 bridgehead atoms. The lowest BCUT2D eigenvalue weighted by atomic mass is 10.0. The molecule has 1 atom stereocenters. The Morgan fingerprint density at radius 3 is 2.47 bits per heavy atom. The zero-order valence-corrected chi connectivity index (χ0v) is 8.58. The van der Waals surface area contributed by atoms with E-state index in [0.29, 0.717) is 0 Å². The van der Waals surface area contributed by atoms with Crippen molar-refractivity contribution in [1.82, 2.24) is 0 Å². The lowest BCUT2D eigenvalue weighted by molar-refractivity contribution is -0.137. The predicted molar refractivity (Wildman–Crippen MR) is 51.8 cm³/mol. The van der Waals surface area contributed by atoms with Gasteiger partial charge < -0.3 is 15.9 Å².